The average molecular weight is 500 g/mol. The van der Waals surface area contributed by atoms with Crippen LogP contribution in [0.1, 0.15) is 36.7 Å². The highest BCUT2D eigenvalue weighted by Gasteiger charge is 2.25. The quantitative estimate of drug-likeness (QED) is 0.612. The number of aromatic nitrogens is 1. The molecule has 0 bridgehead atoms. The van der Waals surface area contributed by atoms with Crippen LogP contribution in [-0.4, -0.2) is 80.0 Å². The van der Waals surface area contributed by atoms with Gasteiger partial charge in [0.1, 0.15) is 11.6 Å². The minimum Gasteiger partial charge on any atom is -0.462 e. The van der Waals surface area contributed by atoms with Crippen molar-refractivity contribution in [3.8, 4) is 0 Å². The number of benzene rings is 1. The number of piperazine rings is 1. The molecule has 0 radical (unpaired) electrons. The molecule has 2 aromatic rings. The summed E-state index contributed by atoms with van der Waals surface area (Å²) in [4.78, 5) is 34.7. The smallest absolute Gasteiger partial charge is 0.339 e. The van der Waals surface area contributed by atoms with Crippen LogP contribution in [0.5, 0.6) is 0 Å². The van der Waals surface area contributed by atoms with Crippen LogP contribution in [0, 0.1) is 5.82 Å². The van der Waals surface area contributed by atoms with Gasteiger partial charge in [0.25, 0.3) is 0 Å². The number of esters is 1. The molecule has 0 spiro atoms. The number of hydrogen-bond acceptors (Lipinski definition) is 7. The molecule has 36 heavy (non-hydrogen) atoms. The average Bonchev–Trinajstić information content (AvgIpc) is 2.87. The van der Waals surface area contributed by atoms with Crippen LogP contribution in [0.15, 0.2) is 36.5 Å². The third-order valence-electron chi connectivity index (χ3n) is 6.37. The van der Waals surface area contributed by atoms with E-state index in [1.807, 2.05) is 24.8 Å². The number of amides is 2. The van der Waals surface area contributed by atoms with E-state index in [1.165, 1.54) is 12.3 Å². The fraction of sp³-hybridized carbons (Fsp3) is 0.500. The molecule has 10 heteroatoms. The van der Waals surface area contributed by atoms with Crippen molar-refractivity contribution in [2.45, 2.75) is 39.5 Å². The number of ether oxygens (including phenoxy) is 2. The predicted octanol–water partition coefficient (Wildman–Crippen LogP) is 3.04. The van der Waals surface area contributed by atoms with Crippen molar-refractivity contribution in [3.63, 3.8) is 0 Å². The van der Waals surface area contributed by atoms with Crippen molar-refractivity contribution in [2.24, 2.45) is 0 Å². The van der Waals surface area contributed by atoms with E-state index in [9.17, 15) is 14.0 Å². The van der Waals surface area contributed by atoms with Crippen LogP contribution in [0.3, 0.4) is 0 Å². The first-order valence-corrected chi connectivity index (χ1v) is 12.4. The Morgan fingerprint density at radius 1 is 1.08 bits per heavy atom. The van der Waals surface area contributed by atoms with Gasteiger partial charge in [0.15, 0.2) is 0 Å². The van der Waals surface area contributed by atoms with Gasteiger partial charge in [-0.15, -0.1) is 0 Å². The van der Waals surface area contributed by atoms with E-state index in [1.54, 1.807) is 30.0 Å². The van der Waals surface area contributed by atoms with Crippen LogP contribution in [0.25, 0.3) is 0 Å². The number of nitrogens with one attached hydrogen (secondary N) is 1. The molecule has 3 heterocycles. The van der Waals surface area contributed by atoms with Gasteiger partial charge in [-0.05, 0) is 50.6 Å². The normalized spacial score (nSPS) is 20.3. The molecule has 2 saturated heterocycles. The maximum atomic E-state index is 14.8. The lowest BCUT2D eigenvalue weighted by Crippen LogP contribution is -2.51. The number of anilines is 2. The summed E-state index contributed by atoms with van der Waals surface area (Å²) in [5.74, 6) is 0.0683. The van der Waals surface area contributed by atoms with Gasteiger partial charge < -0.3 is 29.5 Å². The Labute approximate surface area is 211 Å². The summed E-state index contributed by atoms with van der Waals surface area (Å²) in [5.41, 5.74) is 1.69. The van der Waals surface area contributed by atoms with Gasteiger partial charge in [0.2, 0.25) is 0 Å². The van der Waals surface area contributed by atoms with E-state index in [0.29, 0.717) is 62.7 Å². The molecule has 2 aliphatic heterocycles. The van der Waals surface area contributed by atoms with Gasteiger partial charge >= 0.3 is 12.0 Å². The highest BCUT2D eigenvalue weighted by atomic mass is 19.1. The molecule has 2 aliphatic rings. The second kappa shape index (κ2) is 11.6. The van der Waals surface area contributed by atoms with E-state index in [4.69, 9.17) is 9.47 Å². The Hall–Kier alpha value is -3.40. The summed E-state index contributed by atoms with van der Waals surface area (Å²) in [7, 11) is 0. The fourth-order valence-corrected chi connectivity index (χ4v) is 4.63. The van der Waals surface area contributed by atoms with Gasteiger partial charge in [-0.1, -0.05) is 6.07 Å². The second-order valence-corrected chi connectivity index (χ2v) is 9.21. The summed E-state index contributed by atoms with van der Waals surface area (Å²) < 4.78 is 25.6. The van der Waals surface area contributed by atoms with Crippen LogP contribution in [-0.2, 0) is 16.0 Å². The molecule has 2 unspecified atom stereocenters. The molecule has 2 fully saturated rings. The van der Waals surface area contributed by atoms with E-state index >= 15 is 0 Å². The van der Waals surface area contributed by atoms with E-state index in [-0.39, 0.29) is 30.6 Å². The lowest BCUT2D eigenvalue weighted by molar-refractivity contribution is -0.00540. The number of urea groups is 1. The summed E-state index contributed by atoms with van der Waals surface area (Å²) in [5, 5.41) is 2.90. The highest BCUT2D eigenvalue weighted by Crippen LogP contribution is 2.24. The molecular weight excluding hydrogens is 465 g/mol. The summed E-state index contributed by atoms with van der Waals surface area (Å²) in [6.45, 7) is 9.92. The van der Waals surface area contributed by atoms with Crippen LogP contribution >= 0.6 is 0 Å². The van der Waals surface area contributed by atoms with E-state index < -0.39 is 5.97 Å². The third kappa shape index (κ3) is 6.23. The number of morpholine rings is 1. The zero-order valence-electron chi connectivity index (χ0n) is 21.1. The topological polar surface area (TPSA) is 87.2 Å². The van der Waals surface area contributed by atoms with Gasteiger partial charge in [-0.25, -0.2) is 19.0 Å². The Balaban J connectivity index is 1.25. The van der Waals surface area contributed by atoms with Crippen LogP contribution in [0.2, 0.25) is 0 Å². The number of rotatable bonds is 6. The molecule has 1 aromatic carbocycles. The predicted molar refractivity (Wildman–Crippen MR) is 135 cm³/mol. The van der Waals surface area contributed by atoms with Gasteiger partial charge in [-0.2, -0.15) is 0 Å². The maximum Gasteiger partial charge on any atom is 0.339 e. The standard InChI is InChI=1S/C26H34FN5O4/c1-4-35-25(33)21-6-8-24(28-15-21)30-9-11-31(12-10-30)26(34)29-14-20-5-7-23(22(27)13-20)32-16-18(2)36-19(3)17-32/h5-8,13,15,18-19H,4,9-12,14,16-17H2,1-3H3,(H,29,34). The lowest BCUT2D eigenvalue weighted by atomic mass is 10.1. The number of pyridine rings is 1. The Kier molecular flexibility index (Phi) is 8.25. The minimum absolute atomic E-state index is 0.0484. The number of carbonyl (C=O) groups is 2. The molecular formula is C26H34FN5O4. The second-order valence-electron chi connectivity index (χ2n) is 9.21. The number of nitrogens with zero attached hydrogens (tertiary/aromatic N) is 4. The van der Waals surface area contributed by atoms with E-state index in [0.717, 1.165) is 5.82 Å². The highest BCUT2D eigenvalue weighted by molar-refractivity contribution is 5.89. The van der Waals surface area contributed by atoms with Crippen molar-refractivity contribution in [3.05, 3.63) is 53.5 Å². The monoisotopic (exact) mass is 499 g/mol. The zero-order chi connectivity index (χ0) is 25.7. The van der Waals surface area contributed by atoms with Gasteiger partial charge in [0, 0.05) is 52.0 Å². The SMILES string of the molecule is CCOC(=O)c1ccc(N2CCN(C(=O)NCc3ccc(N4CC(C)OC(C)C4)c(F)c3)CC2)nc1. The summed E-state index contributed by atoms with van der Waals surface area (Å²) in [6.07, 6.45) is 1.61. The first-order chi connectivity index (χ1) is 17.3. The molecule has 1 aromatic heterocycles. The summed E-state index contributed by atoms with van der Waals surface area (Å²) in [6, 6.07) is 8.43. The molecule has 2 amide bonds. The first-order valence-electron chi connectivity index (χ1n) is 12.4. The molecule has 194 valence electrons. The number of carbonyl (C=O) groups excluding carboxylic acids is 2. The maximum absolute atomic E-state index is 14.8. The van der Waals surface area contributed by atoms with E-state index in [2.05, 4.69) is 15.2 Å². The van der Waals surface area contributed by atoms with Crippen molar-refractivity contribution in [1.29, 1.82) is 0 Å². The van der Waals surface area contributed by atoms with Crippen LogP contribution in [0.4, 0.5) is 20.7 Å². The Morgan fingerprint density at radius 2 is 1.81 bits per heavy atom. The van der Waals surface area contributed by atoms with Gasteiger partial charge in [-0.3, -0.25) is 0 Å². The minimum atomic E-state index is -0.391. The Bertz CT molecular complexity index is 1050. The summed E-state index contributed by atoms with van der Waals surface area (Å²) >= 11 is 0. The molecule has 9 nitrogen and oxygen atoms in total. The molecule has 4 rings (SSSR count). The van der Waals surface area contributed by atoms with Gasteiger partial charge in [0.05, 0.1) is 30.1 Å². The Morgan fingerprint density at radius 3 is 2.42 bits per heavy atom. The van der Waals surface area contributed by atoms with Crippen molar-refractivity contribution in [2.75, 3.05) is 55.7 Å². The fourth-order valence-electron chi connectivity index (χ4n) is 4.63. The largest absolute Gasteiger partial charge is 0.462 e. The lowest BCUT2D eigenvalue weighted by Gasteiger charge is -2.37. The zero-order valence-corrected chi connectivity index (χ0v) is 21.1. The van der Waals surface area contributed by atoms with Crippen molar-refractivity contribution < 1.29 is 23.5 Å². The molecule has 0 aliphatic carbocycles. The third-order valence-corrected chi connectivity index (χ3v) is 6.37. The van der Waals surface area contributed by atoms with Crippen LogP contribution < -0.4 is 15.1 Å². The number of hydrogen-bond donors (Lipinski definition) is 1. The number of halogens is 1. The molecule has 0 saturated carbocycles. The molecule has 2 atom stereocenters. The first kappa shape index (κ1) is 25.7. The van der Waals surface area contributed by atoms with Crippen molar-refractivity contribution in [1.82, 2.24) is 15.2 Å². The van der Waals surface area contributed by atoms with Crippen molar-refractivity contribution >= 4 is 23.5 Å². The molecule has 1 N–H and O–H groups in total.